The Morgan fingerprint density at radius 3 is 2.47 bits per heavy atom. The minimum atomic E-state index is -0.571. The minimum Gasteiger partial charge on any atom is -0.352 e. The Labute approximate surface area is 107 Å². The summed E-state index contributed by atoms with van der Waals surface area (Å²) >= 11 is 6.16. The van der Waals surface area contributed by atoms with Gasteiger partial charge < -0.3 is 5.32 Å². The Morgan fingerprint density at radius 1 is 1.18 bits per heavy atom. The van der Waals surface area contributed by atoms with Crippen molar-refractivity contribution in [2.75, 3.05) is 0 Å². The van der Waals surface area contributed by atoms with Crippen molar-refractivity contribution in [1.29, 1.82) is 0 Å². The predicted octanol–water partition coefficient (Wildman–Crippen LogP) is 3.42. The number of hydrogen-bond acceptors (Lipinski definition) is 1. The van der Waals surface area contributed by atoms with Crippen LogP contribution in [0.25, 0.3) is 0 Å². The lowest BCUT2D eigenvalue weighted by Crippen LogP contribution is -2.38. The standard InChI is InChI=1S/C14H18ClNO/c15-13(11-7-3-1-4-8-11)14(17)16-12-9-5-2-6-10-12/h1,3-4,7-8,12-13H,2,5-6,9-10H2,(H,16,17)/t13-/m1/s1. The molecule has 1 aromatic carbocycles. The Kier molecular flexibility index (Phi) is 4.43. The molecule has 1 aromatic rings. The molecule has 1 saturated carbocycles. The highest BCUT2D eigenvalue weighted by molar-refractivity contribution is 6.30. The van der Waals surface area contributed by atoms with Gasteiger partial charge in [-0.3, -0.25) is 4.79 Å². The summed E-state index contributed by atoms with van der Waals surface area (Å²) in [6.45, 7) is 0. The molecule has 3 heteroatoms. The van der Waals surface area contributed by atoms with Crippen LogP contribution in [0.3, 0.4) is 0 Å². The van der Waals surface area contributed by atoms with Crippen molar-refractivity contribution in [3.8, 4) is 0 Å². The van der Waals surface area contributed by atoms with Gasteiger partial charge in [-0.1, -0.05) is 49.6 Å². The first kappa shape index (κ1) is 12.4. The highest BCUT2D eigenvalue weighted by Crippen LogP contribution is 2.22. The van der Waals surface area contributed by atoms with Gasteiger partial charge in [0.05, 0.1) is 0 Å². The number of hydrogen-bond donors (Lipinski definition) is 1. The average Bonchev–Trinajstić information content (AvgIpc) is 2.40. The van der Waals surface area contributed by atoms with Gasteiger partial charge in [0.1, 0.15) is 5.38 Å². The molecule has 1 amide bonds. The van der Waals surface area contributed by atoms with Gasteiger partial charge in [-0.25, -0.2) is 0 Å². The second-order valence-electron chi connectivity index (χ2n) is 4.62. The molecule has 2 rings (SSSR count). The molecule has 1 aliphatic carbocycles. The molecule has 2 nitrogen and oxygen atoms in total. The van der Waals surface area contributed by atoms with Crippen molar-refractivity contribution < 1.29 is 4.79 Å². The van der Waals surface area contributed by atoms with Crippen molar-refractivity contribution >= 4 is 17.5 Å². The summed E-state index contributed by atoms with van der Waals surface area (Å²) < 4.78 is 0. The van der Waals surface area contributed by atoms with Crippen molar-refractivity contribution in [2.45, 2.75) is 43.5 Å². The summed E-state index contributed by atoms with van der Waals surface area (Å²) in [6.07, 6.45) is 5.89. The molecule has 17 heavy (non-hydrogen) atoms. The van der Waals surface area contributed by atoms with Gasteiger partial charge in [0.2, 0.25) is 5.91 Å². The minimum absolute atomic E-state index is 0.0650. The third kappa shape index (κ3) is 3.47. The smallest absolute Gasteiger partial charge is 0.242 e. The molecular weight excluding hydrogens is 234 g/mol. The van der Waals surface area contributed by atoms with E-state index in [1.165, 1.54) is 19.3 Å². The zero-order valence-corrected chi connectivity index (χ0v) is 10.6. The fourth-order valence-corrected chi connectivity index (χ4v) is 2.50. The first-order valence-electron chi connectivity index (χ1n) is 6.27. The van der Waals surface area contributed by atoms with Crippen LogP contribution in [0.5, 0.6) is 0 Å². The number of rotatable bonds is 3. The van der Waals surface area contributed by atoms with Crippen LogP contribution in [0.4, 0.5) is 0 Å². The molecular formula is C14H18ClNO. The molecule has 1 aliphatic rings. The van der Waals surface area contributed by atoms with Gasteiger partial charge in [0.15, 0.2) is 0 Å². The van der Waals surface area contributed by atoms with Crippen LogP contribution in [0.1, 0.15) is 43.0 Å². The van der Waals surface area contributed by atoms with Crippen LogP contribution in [-0.4, -0.2) is 11.9 Å². The maximum absolute atomic E-state index is 12.0. The van der Waals surface area contributed by atoms with Crippen LogP contribution in [0.2, 0.25) is 0 Å². The third-order valence-corrected chi connectivity index (χ3v) is 3.72. The fraction of sp³-hybridized carbons (Fsp3) is 0.500. The molecule has 92 valence electrons. The fourth-order valence-electron chi connectivity index (χ4n) is 2.29. The Balaban J connectivity index is 1.91. The Bertz CT molecular complexity index is 360. The lowest BCUT2D eigenvalue weighted by Gasteiger charge is -2.24. The highest BCUT2D eigenvalue weighted by atomic mass is 35.5. The number of carbonyl (C=O) groups excluding carboxylic acids is 1. The largest absolute Gasteiger partial charge is 0.352 e. The average molecular weight is 252 g/mol. The molecule has 0 bridgehead atoms. The van der Waals surface area contributed by atoms with Gasteiger partial charge in [-0.05, 0) is 18.4 Å². The molecule has 0 radical (unpaired) electrons. The van der Waals surface area contributed by atoms with Crippen molar-refractivity contribution in [3.05, 3.63) is 35.9 Å². The molecule has 0 saturated heterocycles. The third-order valence-electron chi connectivity index (χ3n) is 3.27. The molecule has 1 fully saturated rings. The first-order valence-corrected chi connectivity index (χ1v) is 6.70. The summed E-state index contributed by atoms with van der Waals surface area (Å²) in [4.78, 5) is 12.0. The zero-order chi connectivity index (χ0) is 12.1. The van der Waals surface area contributed by atoms with E-state index in [4.69, 9.17) is 11.6 Å². The van der Waals surface area contributed by atoms with Crippen molar-refractivity contribution in [1.82, 2.24) is 5.32 Å². The van der Waals surface area contributed by atoms with Gasteiger partial charge in [-0.2, -0.15) is 0 Å². The van der Waals surface area contributed by atoms with Gasteiger partial charge >= 0.3 is 0 Å². The number of amides is 1. The van der Waals surface area contributed by atoms with E-state index in [9.17, 15) is 4.79 Å². The number of nitrogens with one attached hydrogen (secondary N) is 1. The molecule has 0 aromatic heterocycles. The van der Waals surface area contributed by atoms with E-state index in [1.807, 2.05) is 30.3 Å². The van der Waals surface area contributed by atoms with Gasteiger partial charge in [-0.15, -0.1) is 11.6 Å². The van der Waals surface area contributed by atoms with E-state index in [0.717, 1.165) is 18.4 Å². The maximum atomic E-state index is 12.0. The van der Waals surface area contributed by atoms with E-state index in [0.29, 0.717) is 6.04 Å². The second-order valence-corrected chi connectivity index (χ2v) is 5.05. The lowest BCUT2D eigenvalue weighted by atomic mass is 9.95. The summed E-state index contributed by atoms with van der Waals surface area (Å²) in [5.41, 5.74) is 0.863. The van der Waals surface area contributed by atoms with E-state index in [2.05, 4.69) is 5.32 Å². The molecule has 0 heterocycles. The highest BCUT2D eigenvalue weighted by Gasteiger charge is 2.21. The monoisotopic (exact) mass is 251 g/mol. The Hall–Kier alpha value is -1.02. The summed E-state index contributed by atoms with van der Waals surface area (Å²) in [7, 11) is 0. The number of carbonyl (C=O) groups is 1. The van der Waals surface area contributed by atoms with Crippen LogP contribution in [0.15, 0.2) is 30.3 Å². The molecule has 0 spiro atoms. The topological polar surface area (TPSA) is 29.1 Å². The van der Waals surface area contributed by atoms with Gasteiger partial charge in [0, 0.05) is 6.04 Å². The van der Waals surface area contributed by atoms with E-state index in [-0.39, 0.29) is 5.91 Å². The summed E-state index contributed by atoms with van der Waals surface area (Å²) in [6, 6.07) is 9.82. The molecule has 0 unspecified atom stereocenters. The number of benzene rings is 1. The van der Waals surface area contributed by atoms with Crippen LogP contribution in [0, 0.1) is 0 Å². The van der Waals surface area contributed by atoms with Crippen molar-refractivity contribution in [2.24, 2.45) is 0 Å². The van der Waals surface area contributed by atoms with Crippen LogP contribution in [-0.2, 0) is 4.79 Å². The normalized spacial score (nSPS) is 18.6. The molecule has 0 aliphatic heterocycles. The van der Waals surface area contributed by atoms with Crippen LogP contribution >= 0.6 is 11.6 Å². The summed E-state index contributed by atoms with van der Waals surface area (Å²) in [5, 5.41) is 2.48. The number of halogens is 1. The second kappa shape index (κ2) is 6.06. The predicted molar refractivity (Wildman–Crippen MR) is 70.1 cm³/mol. The van der Waals surface area contributed by atoms with E-state index >= 15 is 0 Å². The molecule has 1 atom stereocenters. The molecule has 1 N–H and O–H groups in total. The van der Waals surface area contributed by atoms with Crippen LogP contribution < -0.4 is 5.32 Å². The zero-order valence-electron chi connectivity index (χ0n) is 9.86. The lowest BCUT2D eigenvalue weighted by molar-refractivity contribution is -0.121. The SMILES string of the molecule is O=C(NC1CCCCC1)[C@H](Cl)c1ccccc1. The quantitative estimate of drug-likeness (QED) is 0.820. The van der Waals surface area contributed by atoms with Gasteiger partial charge in [0.25, 0.3) is 0 Å². The number of alkyl halides is 1. The Morgan fingerprint density at radius 2 is 1.82 bits per heavy atom. The first-order chi connectivity index (χ1) is 8.27. The summed E-state index contributed by atoms with van der Waals surface area (Å²) in [5.74, 6) is -0.0650. The van der Waals surface area contributed by atoms with E-state index < -0.39 is 5.38 Å². The van der Waals surface area contributed by atoms with E-state index in [1.54, 1.807) is 0 Å². The maximum Gasteiger partial charge on any atom is 0.242 e. The van der Waals surface area contributed by atoms with Crippen molar-refractivity contribution in [3.63, 3.8) is 0 Å².